The third-order valence-corrected chi connectivity index (χ3v) is 2.95. The second-order valence-corrected chi connectivity index (χ2v) is 4.42. The molecular weight excluding hydrogens is 257 g/mol. The number of oxazole rings is 1. The molecule has 0 saturated heterocycles. The van der Waals surface area contributed by atoms with Crippen molar-refractivity contribution in [3.63, 3.8) is 0 Å². The minimum absolute atomic E-state index is 0.278. The first-order valence-corrected chi connectivity index (χ1v) is 5.51. The monoisotopic (exact) mass is 261 g/mol. The van der Waals surface area contributed by atoms with E-state index in [1.165, 1.54) is 11.8 Å². The lowest BCUT2D eigenvalue weighted by atomic mass is 10.6. The fraction of sp³-hybridized carbons (Fsp3) is 0.125. The van der Waals surface area contributed by atoms with Crippen LogP contribution in [0.2, 0.25) is 10.3 Å². The van der Waals surface area contributed by atoms with E-state index in [4.69, 9.17) is 27.6 Å². The molecule has 4 nitrogen and oxygen atoms in total. The van der Waals surface area contributed by atoms with Crippen molar-refractivity contribution in [2.24, 2.45) is 0 Å². The van der Waals surface area contributed by atoms with Gasteiger partial charge in [0, 0.05) is 0 Å². The van der Waals surface area contributed by atoms with Crippen LogP contribution in [-0.2, 0) is 0 Å². The number of halogens is 2. The Morgan fingerprint density at radius 2 is 2.13 bits per heavy atom. The van der Waals surface area contributed by atoms with E-state index in [9.17, 15) is 0 Å². The van der Waals surface area contributed by atoms with E-state index in [2.05, 4.69) is 15.2 Å². The van der Waals surface area contributed by atoms with Gasteiger partial charge in [0.2, 0.25) is 0 Å². The lowest BCUT2D eigenvalue weighted by Crippen LogP contribution is -1.86. The van der Waals surface area contributed by atoms with Gasteiger partial charge in [0.1, 0.15) is 6.26 Å². The molecule has 0 radical (unpaired) electrons. The van der Waals surface area contributed by atoms with E-state index in [1.54, 1.807) is 12.3 Å². The lowest BCUT2D eigenvalue weighted by molar-refractivity contribution is 0.454. The van der Waals surface area contributed by atoms with Crippen LogP contribution in [0.5, 0.6) is 0 Å². The van der Waals surface area contributed by atoms with Crippen molar-refractivity contribution in [3.05, 3.63) is 28.3 Å². The van der Waals surface area contributed by atoms with Gasteiger partial charge in [-0.05, 0) is 24.8 Å². The normalized spacial score (nSPS) is 10.6. The van der Waals surface area contributed by atoms with Crippen LogP contribution in [0.25, 0.3) is 0 Å². The lowest BCUT2D eigenvalue weighted by Gasteiger charge is -1.98. The van der Waals surface area contributed by atoms with Crippen molar-refractivity contribution in [2.75, 3.05) is 0 Å². The van der Waals surface area contributed by atoms with Crippen LogP contribution in [0, 0.1) is 6.92 Å². The van der Waals surface area contributed by atoms with Crippen LogP contribution >= 0.6 is 35.0 Å². The van der Waals surface area contributed by atoms with Gasteiger partial charge < -0.3 is 4.42 Å². The predicted octanol–water partition coefficient (Wildman–Crippen LogP) is 3.23. The number of aryl methyl sites for hydroxylation is 1. The highest BCUT2D eigenvalue weighted by molar-refractivity contribution is 7.99. The standard InChI is InChI=1S/C8H5Cl2N3OS/c1-4-3-14-8(11-4)15-5-2-6(9)12-13-7(5)10/h2-3H,1H3. The Balaban J connectivity index is 2.27. The van der Waals surface area contributed by atoms with Gasteiger partial charge in [-0.15, -0.1) is 10.2 Å². The molecule has 0 fully saturated rings. The Labute approximate surface area is 100 Å². The molecular formula is C8H5Cl2N3OS. The Morgan fingerprint density at radius 3 is 2.80 bits per heavy atom. The minimum Gasteiger partial charge on any atom is -0.439 e. The molecule has 7 heteroatoms. The molecule has 0 aliphatic rings. The van der Waals surface area contributed by atoms with Crippen molar-refractivity contribution in [1.82, 2.24) is 15.2 Å². The fourth-order valence-electron chi connectivity index (χ4n) is 0.882. The van der Waals surface area contributed by atoms with Crippen LogP contribution in [-0.4, -0.2) is 15.2 Å². The summed E-state index contributed by atoms with van der Waals surface area (Å²) in [4.78, 5) is 4.79. The van der Waals surface area contributed by atoms with Gasteiger partial charge in [0.15, 0.2) is 10.3 Å². The summed E-state index contributed by atoms with van der Waals surface area (Å²) in [6, 6.07) is 1.61. The Morgan fingerprint density at radius 1 is 1.33 bits per heavy atom. The second kappa shape index (κ2) is 4.38. The van der Waals surface area contributed by atoms with E-state index in [0.29, 0.717) is 10.1 Å². The second-order valence-electron chi connectivity index (χ2n) is 2.68. The third-order valence-electron chi connectivity index (χ3n) is 1.48. The van der Waals surface area contributed by atoms with Crippen LogP contribution in [0.15, 0.2) is 26.9 Å². The highest BCUT2D eigenvalue weighted by Gasteiger charge is 2.09. The number of aromatic nitrogens is 3. The first kappa shape index (κ1) is 10.7. The Kier molecular flexibility index (Phi) is 3.14. The summed E-state index contributed by atoms with van der Waals surface area (Å²) in [6.07, 6.45) is 1.56. The smallest absolute Gasteiger partial charge is 0.260 e. The van der Waals surface area contributed by atoms with Crippen LogP contribution in [0.1, 0.15) is 5.69 Å². The summed E-state index contributed by atoms with van der Waals surface area (Å²) >= 11 is 12.8. The van der Waals surface area contributed by atoms with Crippen molar-refractivity contribution >= 4 is 35.0 Å². The first-order chi connectivity index (χ1) is 7.15. The van der Waals surface area contributed by atoms with E-state index in [0.717, 1.165) is 5.69 Å². The molecule has 0 bridgehead atoms. The van der Waals surface area contributed by atoms with Gasteiger partial charge in [0.25, 0.3) is 5.22 Å². The zero-order chi connectivity index (χ0) is 10.8. The van der Waals surface area contributed by atoms with Crippen molar-refractivity contribution in [3.8, 4) is 0 Å². The molecule has 0 N–H and O–H groups in total. The van der Waals surface area contributed by atoms with Crippen molar-refractivity contribution in [2.45, 2.75) is 17.0 Å². The maximum atomic E-state index is 5.83. The summed E-state index contributed by atoms with van der Waals surface area (Å²) in [6.45, 7) is 1.84. The molecule has 2 heterocycles. The Hall–Kier alpha value is -0.780. The van der Waals surface area contributed by atoms with E-state index in [1.807, 2.05) is 6.92 Å². The number of rotatable bonds is 2. The minimum atomic E-state index is 0.278. The number of hydrogen-bond donors (Lipinski definition) is 0. The number of hydrogen-bond acceptors (Lipinski definition) is 5. The van der Waals surface area contributed by atoms with Crippen LogP contribution in [0.4, 0.5) is 0 Å². The molecule has 2 aromatic rings. The van der Waals surface area contributed by atoms with Crippen LogP contribution < -0.4 is 0 Å². The van der Waals surface area contributed by atoms with Gasteiger partial charge in [-0.25, -0.2) is 4.98 Å². The molecule has 0 aromatic carbocycles. The van der Waals surface area contributed by atoms with E-state index < -0.39 is 0 Å². The molecule has 0 aliphatic carbocycles. The van der Waals surface area contributed by atoms with Crippen LogP contribution in [0.3, 0.4) is 0 Å². The van der Waals surface area contributed by atoms with E-state index >= 15 is 0 Å². The maximum absolute atomic E-state index is 5.83. The average molecular weight is 262 g/mol. The molecule has 0 amide bonds. The topological polar surface area (TPSA) is 51.8 Å². The van der Waals surface area contributed by atoms with Gasteiger partial charge >= 0.3 is 0 Å². The van der Waals surface area contributed by atoms with Gasteiger partial charge in [-0.3, -0.25) is 0 Å². The third kappa shape index (κ3) is 2.62. The summed E-state index contributed by atoms with van der Waals surface area (Å²) in [5.74, 6) is 0. The quantitative estimate of drug-likeness (QED) is 0.831. The zero-order valence-electron chi connectivity index (χ0n) is 7.57. The largest absolute Gasteiger partial charge is 0.439 e. The molecule has 0 unspecified atom stereocenters. The molecule has 2 aromatic heterocycles. The Bertz CT molecular complexity index is 488. The van der Waals surface area contributed by atoms with Crippen molar-refractivity contribution in [1.29, 1.82) is 0 Å². The summed E-state index contributed by atoms with van der Waals surface area (Å²) in [7, 11) is 0. The highest BCUT2D eigenvalue weighted by Crippen LogP contribution is 2.32. The molecule has 0 atom stereocenters. The fourth-order valence-corrected chi connectivity index (χ4v) is 2.07. The zero-order valence-corrected chi connectivity index (χ0v) is 9.90. The van der Waals surface area contributed by atoms with Gasteiger partial charge in [-0.2, -0.15) is 0 Å². The molecule has 78 valence electrons. The number of nitrogens with zero attached hydrogens (tertiary/aromatic N) is 3. The summed E-state index contributed by atoms with van der Waals surface area (Å²) in [5.41, 5.74) is 0.807. The van der Waals surface area contributed by atoms with Gasteiger partial charge in [0.05, 0.1) is 10.6 Å². The molecule has 15 heavy (non-hydrogen) atoms. The maximum Gasteiger partial charge on any atom is 0.260 e. The molecule has 0 saturated carbocycles. The van der Waals surface area contributed by atoms with Crippen molar-refractivity contribution < 1.29 is 4.42 Å². The summed E-state index contributed by atoms with van der Waals surface area (Å²) in [5, 5.41) is 8.34. The van der Waals surface area contributed by atoms with Gasteiger partial charge in [-0.1, -0.05) is 23.2 Å². The molecule has 0 spiro atoms. The highest BCUT2D eigenvalue weighted by atomic mass is 35.5. The first-order valence-electron chi connectivity index (χ1n) is 3.94. The predicted molar refractivity (Wildman–Crippen MR) is 57.4 cm³/mol. The SMILES string of the molecule is Cc1coc(Sc2cc(Cl)nnc2Cl)n1. The van der Waals surface area contributed by atoms with E-state index in [-0.39, 0.29) is 10.3 Å². The molecule has 2 rings (SSSR count). The summed E-state index contributed by atoms with van der Waals surface area (Å²) < 4.78 is 5.17. The molecule has 0 aliphatic heterocycles. The average Bonchev–Trinajstić information content (AvgIpc) is 2.58.